The maximum atomic E-state index is 5.95. The van der Waals surface area contributed by atoms with E-state index in [2.05, 4.69) is 5.32 Å². The van der Waals surface area contributed by atoms with Crippen molar-refractivity contribution in [1.82, 2.24) is 5.32 Å². The van der Waals surface area contributed by atoms with Crippen molar-refractivity contribution in [3.63, 3.8) is 0 Å². The summed E-state index contributed by atoms with van der Waals surface area (Å²) < 4.78 is 5.69. The molecule has 1 aromatic rings. The van der Waals surface area contributed by atoms with Gasteiger partial charge in [0, 0.05) is 6.61 Å². The van der Waals surface area contributed by atoms with Gasteiger partial charge in [0.15, 0.2) is 0 Å². The first-order chi connectivity index (χ1) is 8.75. The molecule has 1 unspecified atom stereocenters. The largest absolute Gasteiger partial charge is 0.377 e. The van der Waals surface area contributed by atoms with Crippen LogP contribution in [0.3, 0.4) is 0 Å². The van der Waals surface area contributed by atoms with Gasteiger partial charge in [-0.1, -0.05) is 29.3 Å². The van der Waals surface area contributed by atoms with Crippen LogP contribution >= 0.6 is 23.2 Å². The van der Waals surface area contributed by atoms with Gasteiger partial charge in [-0.2, -0.15) is 0 Å². The summed E-state index contributed by atoms with van der Waals surface area (Å²) in [6.45, 7) is 3.72. The first-order valence-corrected chi connectivity index (χ1v) is 7.23. The summed E-state index contributed by atoms with van der Waals surface area (Å²) in [5.41, 5.74) is 1.08. The van der Waals surface area contributed by atoms with Crippen LogP contribution in [0.1, 0.15) is 24.8 Å². The van der Waals surface area contributed by atoms with Crippen molar-refractivity contribution in [2.75, 3.05) is 19.7 Å². The molecule has 0 radical (unpaired) electrons. The average molecular weight is 288 g/mol. The highest BCUT2D eigenvalue weighted by atomic mass is 35.5. The maximum absolute atomic E-state index is 5.95. The van der Waals surface area contributed by atoms with Crippen LogP contribution < -0.4 is 5.32 Å². The fraction of sp³-hybridized carbons (Fsp3) is 0.571. The Kier molecular flexibility index (Phi) is 5.77. The van der Waals surface area contributed by atoms with Gasteiger partial charge in [0.05, 0.1) is 16.7 Å². The number of hydrogen-bond acceptors (Lipinski definition) is 2. The first kappa shape index (κ1) is 14.1. The fourth-order valence-electron chi connectivity index (χ4n) is 2.24. The molecule has 0 aromatic heterocycles. The first-order valence-electron chi connectivity index (χ1n) is 6.48. The van der Waals surface area contributed by atoms with Gasteiger partial charge < -0.3 is 10.1 Å². The number of ether oxygens (including phenoxy) is 1. The van der Waals surface area contributed by atoms with Crippen LogP contribution in [0, 0.1) is 5.92 Å². The zero-order chi connectivity index (χ0) is 12.8. The van der Waals surface area contributed by atoms with Gasteiger partial charge >= 0.3 is 0 Å². The number of piperidine rings is 1. The van der Waals surface area contributed by atoms with Crippen LogP contribution in [-0.2, 0) is 11.3 Å². The minimum Gasteiger partial charge on any atom is -0.377 e. The van der Waals surface area contributed by atoms with Gasteiger partial charge in [0.2, 0.25) is 0 Å². The molecule has 18 heavy (non-hydrogen) atoms. The molecule has 0 spiro atoms. The molecule has 1 fully saturated rings. The van der Waals surface area contributed by atoms with Crippen molar-refractivity contribution < 1.29 is 4.74 Å². The summed E-state index contributed by atoms with van der Waals surface area (Å²) in [5.74, 6) is 0.771. The zero-order valence-corrected chi connectivity index (χ0v) is 11.9. The van der Waals surface area contributed by atoms with Gasteiger partial charge in [0.1, 0.15) is 0 Å². The minimum atomic E-state index is 0.591. The Hall–Kier alpha value is -0.280. The lowest BCUT2D eigenvalue weighted by Gasteiger charge is -2.22. The average Bonchev–Trinajstić information content (AvgIpc) is 2.40. The van der Waals surface area contributed by atoms with Crippen molar-refractivity contribution in [2.24, 2.45) is 5.92 Å². The molecule has 1 heterocycles. The molecule has 4 heteroatoms. The van der Waals surface area contributed by atoms with E-state index in [1.807, 2.05) is 18.2 Å². The molecule has 1 atom stereocenters. The summed E-state index contributed by atoms with van der Waals surface area (Å²) in [6, 6.07) is 5.63. The molecular weight excluding hydrogens is 269 g/mol. The van der Waals surface area contributed by atoms with E-state index >= 15 is 0 Å². The Morgan fingerprint density at radius 3 is 2.89 bits per heavy atom. The molecule has 1 aliphatic rings. The van der Waals surface area contributed by atoms with E-state index < -0.39 is 0 Å². The second-order valence-electron chi connectivity index (χ2n) is 4.80. The standard InChI is InChI=1S/C14H19Cl2NO/c15-13-4-3-12(8-14(13)16)10-18-7-5-11-2-1-6-17-9-11/h3-4,8,11,17H,1-2,5-7,9-10H2. The number of benzene rings is 1. The number of rotatable bonds is 5. The lowest BCUT2D eigenvalue weighted by molar-refractivity contribution is 0.103. The third-order valence-electron chi connectivity index (χ3n) is 3.32. The van der Waals surface area contributed by atoms with E-state index in [1.54, 1.807) is 0 Å². The molecule has 100 valence electrons. The van der Waals surface area contributed by atoms with Crippen molar-refractivity contribution in [3.8, 4) is 0 Å². The van der Waals surface area contributed by atoms with Crippen LogP contribution in [0.15, 0.2) is 18.2 Å². The number of hydrogen-bond donors (Lipinski definition) is 1. The van der Waals surface area contributed by atoms with E-state index in [-0.39, 0.29) is 0 Å². The van der Waals surface area contributed by atoms with E-state index in [0.29, 0.717) is 16.7 Å². The predicted octanol–water partition coefficient (Wildman–Crippen LogP) is 3.90. The van der Waals surface area contributed by atoms with Gasteiger partial charge in [-0.25, -0.2) is 0 Å². The lowest BCUT2D eigenvalue weighted by atomic mass is 9.97. The summed E-state index contributed by atoms with van der Waals surface area (Å²) in [6.07, 6.45) is 3.74. The van der Waals surface area contributed by atoms with Gasteiger partial charge in [-0.3, -0.25) is 0 Å². The molecule has 0 aliphatic carbocycles. The lowest BCUT2D eigenvalue weighted by Crippen LogP contribution is -2.30. The van der Waals surface area contributed by atoms with Crippen LogP contribution in [-0.4, -0.2) is 19.7 Å². The molecule has 0 bridgehead atoms. The SMILES string of the molecule is Clc1ccc(COCCC2CCCNC2)cc1Cl. The Morgan fingerprint density at radius 1 is 1.28 bits per heavy atom. The molecule has 0 saturated carbocycles. The highest BCUT2D eigenvalue weighted by Crippen LogP contribution is 2.23. The minimum absolute atomic E-state index is 0.591. The fourth-order valence-corrected chi connectivity index (χ4v) is 2.56. The van der Waals surface area contributed by atoms with Crippen LogP contribution in [0.5, 0.6) is 0 Å². The smallest absolute Gasteiger partial charge is 0.0717 e. The number of halogens is 2. The summed E-state index contributed by atoms with van der Waals surface area (Å²) >= 11 is 11.8. The zero-order valence-electron chi connectivity index (χ0n) is 10.4. The monoisotopic (exact) mass is 287 g/mol. The molecule has 2 nitrogen and oxygen atoms in total. The van der Waals surface area contributed by atoms with Crippen molar-refractivity contribution in [2.45, 2.75) is 25.9 Å². The van der Waals surface area contributed by atoms with Gasteiger partial charge in [-0.05, 0) is 56.0 Å². The molecular formula is C14H19Cl2NO. The van der Waals surface area contributed by atoms with Crippen LogP contribution in [0.2, 0.25) is 10.0 Å². The normalized spacial score (nSPS) is 20.0. The van der Waals surface area contributed by atoms with Crippen LogP contribution in [0.25, 0.3) is 0 Å². The Morgan fingerprint density at radius 2 is 2.17 bits per heavy atom. The third-order valence-corrected chi connectivity index (χ3v) is 4.06. The molecule has 2 rings (SSSR count). The van der Waals surface area contributed by atoms with Gasteiger partial charge in [-0.15, -0.1) is 0 Å². The highest BCUT2D eigenvalue weighted by molar-refractivity contribution is 6.41. The summed E-state index contributed by atoms with van der Waals surface area (Å²) in [4.78, 5) is 0. The summed E-state index contributed by atoms with van der Waals surface area (Å²) in [5, 5.41) is 4.60. The molecule has 1 saturated heterocycles. The third kappa shape index (κ3) is 4.43. The maximum Gasteiger partial charge on any atom is 0.0717 e. The van der Waals surface area contributed by atoms with Crippen molar-refractivity contribution in [3.05, 3.63) is 33.8 Å². The Bertz CT molecular complexity index is 378. The quantitative estimate of drug-likeness (QED) is 0.830. The molecule has 0 amide bonds. The van der Waals surface area contributed by atoms with E-state index in [4.69, 9.17) is 27.9 Å². The second-order valence-corrected chi connectivity index (χ2v) is 5.62. The molecule has 1 aliphatic heterocycles. The van der Waals surface area contributed by atoms with E-state index in [1.165, 1.54) is 19.4 Å². The van der Waals surface area contributed by atoms with Crippen molar-refractivity contribution in [1.29, 1.82) is 0 Å². The van der Waals surface area contributed by atoms with Crippen LogP contribution in [0.4, 0.5) is 0 Å². The summed E-state index contributed by atoms with van der Waals surface area (Å²) in [7, 11) is 0. The topological polar surface area (TPSA) is 21.3 Å². The Labute approximate surface area is 119 Å². The Balaban J connectivity index is 1.66. The molecule has 1 N–H and O–H groups in total. The molecule has 1 aromatic carbocycles. The number of nitrogens with one attached hydrogen (secondary N) is 1. The highest BCUT2D eigenvalue weighted by Gasteiger charge is 2.12. The second kappa shape index (κ2) is 7.34. The predicted molar refractivity (Wildman–Crippen MR) is 76.3 cm³/mol. The van der Waals surface area contributed by atoms with E-state index in [0.717, 1.165) is 31.1 Å². The van der Waals surface area contributed by atoms with Crippen molar-refractivity contribution >= 4 is 23.2 Å². The van der Waals surface area contributed by atoms with Gasteiger partial charge in [0.25, 0.3) is 0 Å². The van der Waals surface area contributed by atoms with E-state index in [9.17, 15) is 0 Å².